The molecule has 0 aliphatic carbocycles. The van der Waals surface area contributed by atoms with E-state index in [0.29, 0.717) is 12.6 Å². The molecule has 5 heteroatoms. The van der Waals surface area contributed by atoms with Crippen LogP contribution in [0.5, 0.6) is 0 Å². The number of nitrogens with two attached hydrogens (primary N) is 1. The molecule has 1 aromatic heterocycles. The first kappa shape index (κ1) is 8.16. The van der Waals surface area contributed by atoms with Crippen LogP contribution in [0.3, 0.4) is 0 Å². The zero-order valence-corrected chi connectivity index (χ0v) is 6.54. The number of aromatic amines is 1. The van der Waals surface area contributed by atoms with Gasteiger partial charge in [0.05, 0.1) is 11.9 Å². The Hall–Kier alpha value is -0.940. The van der Waals surface area contributed by atoms with Gasteiger partial charge in [-0.3, -0.25) is 0 Å². The summed E-state index contributed by atoms with van der Waals surface area (Å²) in [5.74, 6) is 0. The van der Waals surface area contributed by atoms with E-state index in [1.54, 1.807) is 6.20 Å². The summed E-state index contributed by atoms with van der Waals surface area (Å²) in [5.41, 5.74) is 6.31. The zero-order chi connectivity index (χ0) is 8.10. The number of hydrogen-bond acceptors (Lipinski definition) is 4. The first-order valence-electron chi connectivity index (χ1n) is 3.61. The predicted molar refractivity (Wildman–Crippen MR) is 41.7 cm³/mol. The van der Waals surface area contributed by atoms with Gasteiger partial charge >= 0.3 is 0 Å². The molecular weight excluding hydrogens is 142 g/mol. The van der Waals surface area contributed by atoms with Crippen LogP contribution in [0.1, 0.15) is 12.6 Å². The molecule has 0 saturated heterocycles. The molecule has 0 aliphatic rings. The Morgan fingerprint density at radius 1 is 1.82 bits per heavy atom. The van der Waals surface area contributed by atoms with Crippen molar-refractivity contribution in [3.8, 4) is 0 Å². The molecule has 0 spiro atoms. The van der Waals surface area contributed by atoms with Gasteiger partial charge in [-0.2, -0.15) is 15.4 Å². The molecule has 0 amide bonds. The van der Waals surface area contributed by atoms with E-state index >= 15 is 0 Å². The van der Waals surface area contributed by atoms with Crippen LogP contribution in [0.15, 0.2) is 6.20 Å². The first-order valence-corrected chi connectivity index (χ1v) is 3.61. The lowest BCUT2D eigenvalue weighted by Gasteiger charge is -2.08. The predicted octanol–water partition coefficient (Wildman–Crippen LogP) is -0.758. The van der Waals surface area contributed by atoms with Crippen molar-refractivity contribution in [1.29, 1.82) is 0 Å². The number of hydrogen-bond donors (Lipinski definition) is 3. The van der Waals surface area contributed by atoms with Crippen LogP contribution in [-0.2, 0) is 6.54 Å². The Balaban J connectivity index is 2.23. The maximum atomic E-state index is 5.41. The third kappa shape index (κ3) is 2.65. The van der Waals surface area contributed by atoms with Gasteiger partial charge in [0, 0.05) is 19.1 Å². The highest BCUT2D eigenvalue weighted by molar-refractivity contribution is 4.89. The van der Waals surface area contributed by atoms with E-state index in [9.17, 15) is 0 Å². The fourth-order valence-electron chi connectivity index (χ4n) is 0.673. The molecule has 4 N–H and O–H groups in total. The summed E-state index contributed by atoms with van der Waals surface area (Å²) in [6.07, 6.45) is 1.69. The molecule has 1 heterocycles. The Bertz CT molecular complexity index is 183. The van der Waals surface area contributed by atoms with Crippen molar-refractivity contribution < 1.29 is 0 Å². The lowest BCUT2D eigenvalue weighted by Crippen LogP contribution is -2.32. The van der Waals surface area contributed by atoms with Gasteiger partial charge in [-0.25, -0.2) is 0 Å². The molecule has 0 aromatic carbocycles. The molecule has 0 bridgehead atoms. The van der Waals surface area contributed by atoms with Crippen molar-refractivity contribution in [3.63, 3.8) is 0 Å². The fourth-order valence-corrected chi connectivity index (χ4v) is 0.673. The third-order valence-electron chi connectivity index (χ3n) is 1.45. The van der Waals surface area contributed by atoms with Crippen molar-refractivity contribution in [2.45, 2.75) is 19.5 Å². The highest BCUT2D eigenvalue weighted by Crippen LogP contribution is 1.87. The highest BCUT2D eigenvalue weighted by atomic mass is 15.3. The summed E-state index contributed by atoms with van der Waals surface area (Å²) >= 11 is 0. The van der Waals surface area contributed by atoms with Gasteiger partial charge in [0.15, 0.2) is 0 Å². The van der Waals surface area contributed by atoms with E-state index < -0.39 is 0 Å². The summed E-state index contributed by atoms with van der Waals surface area (Å²) in [5, 5.41) is 13.3. The Morgan fingerprint density at radius 2 is 2.64 bits per heavy atom. The molecule has 5 nitrogen and oxygen atoms in total. The number of nitrogens with one attached hydrogen (secondary N) is 2. The number of H-pyrrole nitrogens is 1. The molecule has 0 fully saturated rings. The Morgan fingerprint density at radius 3 is 3.18 bits per heavy atom. The summed E-state index contributed by atoms with van der Waals surface area (Å²) in [7, 11) is 0. The van der Waals surface area contributed by atoms with Crippen LogP contribution in [0.25, 0.3) is 0 Å². The fraction of sp³-hybridized carbons (Fsp3) is 0.667. The van der Waals surface area contributed by atoms with Crippen LogP contribution in [0, 0.1) is 0 Å². The molecule has 1 atom stereocenters. The normalized spacial score (nSPS) is 13.3. The molecule has 0 aliphatic heterocycles. The van der Waals surface area contributed by atoms with Crippen LogP contribution >= 0.6 is 0 Å². The average molecular weight is 155 g/mol. The molecule has 62 valence electrons. The summed E-state index contributed by atoms with van der Waals surface area (Å²) in [6.45, 7) is 3.38. The molecular formula is C6H13N5. The van der Waals surface area contributed by atoms with Crippen molar-refractivity contribution in [3.05, 3.63) is 11.9 Å². The van der Waals surface area contributed by atoms with Crippen LogP contribution in [0.4, 0.5) is 0 Å². The molecule has 0 radical (unpaired) electrons. The van der Waals surface area contributed by atoms with Gasteiger partial charge in [-0.05, 0) is 6.92 Å². The lowest BCUT2D eigenvalue weighted by atomic mass is 10.3. The van der Waals surface area contributed by atoms with E-state index in [1.807, 2.05) is 6.92 Å². The topological polar surface area (TPSA) is 79.6 Å². The molecule has 1 aromatic rings. The van der Waals surface area contributed by atoms with Gasteiger partial charge in [0.25, 0.3) is 0 Å². The van der Waals surface area contributed by atoms with Gasteiger partial charge in [-0.1, -0.05) is 0 Å². The number of rotatable bonds is 4. The third-order valence-corrected chi connectivity index (χ3v) is 1.45. The first-order chi connectivity index (χ1) is 5.33. The standard InChI is InChI=1S/C6H13N5/c1-5(2-7)8-3-6-4-9-11-10-6/h4-5,8H,2-3,7H2,1H3,(H,9,10,11)/t5-/m1/s1. The van der Waals surface area contributed by atoms with Crippen LogP contribution < -0.4 is 11.1 Å². The average Bonchev–Trinajstić information content (AvgIpc) is 2.52. The summed E-state index contributed by atoms with van der Waals surface area (Å²) < 4.78 is 0. The van der Waals surface area contributed by atoms with Crippen molar-refractivity contribution >= 4 is 0 Å². The lowest BCUT2D eigenvalue weighted by molar-refractivity contribution is 0.550. The minimum Gasteiger partial charge on any atom is -0.329 e. The Kier molecular flexibility index (Phi) is 3.00. The van der Waals surface area contributed by atoms with E-state index in [1.165, 1.54) is 0 Å². The molecule has 0 saturated carbocycles. The second-order valence-electron chi connectivity index (χ2n) is 2.48. The van der Waals surface area contributed by atoms with Crippen molar-refractivity contribution in [2.75, 3.05) is 6.54 Å². The second-order valence-corrected chi connectivity index (χ2v) is 2.48. The van der Waals surface area contributed by atoms with Gasteiger partial charge < -0.3 is 11.1 Å². The maximum Gasteiger partial charge on any atom is 0.0962 e. The monoisotopic (exact) mass is 155 g/mol. The maximum absolute atomic E-state index is 5.41. The van der Waals surface area contributed by atoms with Crippen LogP contribution in [0.2, 0.25) is 0 Å². The van der Waals surface area contributed by atoms with Gasteiger partial charge in [0.2, 0.25) is 0 Å². The summed E-state index contributed by atoms with van der Waals surface area (Å²) in [4.78, 5) is 0. The van der Waals surface area contributed by atoms with Gasteiger partial charge in [0.1, 0.15) is 0 Å². The second kappa shape index (κ2) is 4.05. The van der Waals surface area contributed by atoms with E-state index in [2.05, 4.69) is 20.7 Å². The smallest absolute Gasteiger partial charge is 0.0962 e. The van der Waals surface area contributed by atoms with Gasteiger partial charge in [-0.15, -0.1) is 0 Å². The molecule has 1 rings (SSSR count). The van der Waals surface area contributed by atoms with Crippen molar-refractivity contribution in [1.82, 2.24) is 20.7 Å². The van der Waals surface area contributed by atoms with Crippen molar-refractivity contribution in [2.24, 2.45) is 5.73 Å². The zero-order valence-electron chi connectivity index (χ0n) is 6.54. The Labute approximate surface area is 65.4 Å². The molecule has 11 heavy (non-hydrogen) atoms. The minimum absolute atomic E-state index is 0.326. The minimum atomic E-state index is 0.326. The van der Waals surface area contributed by atoms with Crippen LogP contribution in [-0.4, -0.2) is 28.0 Å². The van der Waals surface area contributed by atoms with E-state index in [0.717, 1.165) is 12.2 Å². The largest absolute Gasteiger partial charge is 0.329 e. The quantitative estimate of drug-likeness (QED) is 0.534. The SMILES string of the molecule is C[C@H](CN)NCc1cn[nH]n1. The highest BCUT2D eigenvalue weighted by Gasteiger charge is 1.98. The molecule has 0 unspecified atom stereocenters. The van der Waals surface area contributed by atoms with E-state index in [4.69, 9.17) is 5.73 Å². The summed E-state index contributed by atoms with van der Waals surface area (Å²) in [6, 6.07) is 0.326. The number of aromatic nitrogens is 3. The number of nitrogens with zero attached hydrogens (tertiary/aromatic N) is 2. The van der Waals surface area contributed by atoms with E-state index in [-0.39, 0.29) is 0 Å².